The average Bonchev–Trinajstić information content (AvgIpc) is 2.93. The van der Waals surface area contributed by atoms with Gasteiger partial charge in [-0.05, 0) is 52.4 Å². The van der Waals surface area contributed by atoms with E-state index in [-0.39, 0.29) is 0 Å². The van der Waals surface area contributed by atoms with Gasteiger partial charge in [-0.2, -0.15) is 0 Å². The first-order chi connectivity index (χ1) is 6.34. The van der Waals surface area contributed by atoms with Crippen molar-refractivity contribution in [1.82, 2.24) is 9.38 Å². The van der Waals surface area contributed by atoms with Gasteiger partial charge in [-0.1, -0.05) is 0 Å². The highest BCUT2D eigenvalue weighted by molar-refractivity contribution is 9.10. The minimum absolute atomic E-state index is 0.806. The predicted octanol–water partition coefficient (Wildman–Crippen LogP) is 2.97. The van der Waals surface area contributed by atoms with Gasteiger partial charge in [0.2, 0.25) is 0 Å². The molecule has 1 aliphatic carbocycles. The molecule has 2 heterocycles. The Hall–Kier alpha value is -0.830. The van der Waals surface area contributed by atoms with Gasteiger partial charge in [0.05, 0.1) is 6.20 Å². The van der Waals surface area contributed by atoms with Gasteiger partial charge in [0.25, 0.3) is 0 Å². The molecule has 3 heteroatoms. The lowest BCUT2D eigenvalue weighted by atomic mass is 10.2. The highest BCUT2D eigenvalue weighted by Crippen LogP contribution is 2.40. The first kappa shape index (κ1) is 7.56. The smallest absolute Gasteiger partial charge is 0.137 e. The minimum atomic E-state index is 0.806. The van der Waals surface area contributed by atoms with Gasteiger partial charge in [0.15, 0.2) is 0 Å². The first-order valence-electron chi connectivity index (χ1n) is 4.47. The van der Waals surface area contributed by atoms with Crippen LogP contribution in [0, 0.1) is 0 Å². The summed E-state index contributed by atoms with van der Waals surface area (Å²) in [4.78, 5) is 4.31. The van der Waals surface area contributed by atoms with Crippen LogP contribution < -0.4 is 0 Å². The van der Waals surface area contributed by atoms with Gasteiger partial charge >= 0.3 is 0 Å². The highest BCUT2D eigenvalue weighted by atomic mass is 79.9. The van der Waals surface area contributed by atoms with Gasteiger partial charge in [0.1, 0.15) is 10.3 Å². The van der Waals surface area contributed by atoms with Crippen molar-refractivity contribution in [2.45, 2.75) is 18.8 Å². The van der Waals surface area contributed by atoms with E-state index < -0.39 is 0 Å². The van der Waals surface area contributed by atoms with Gasteiger partial charge in [-0.25, -0.2) is 4.98 Å². The van der Waals surface area contributed by atoms with Crippen molar-refractivity contribution in [2.75, 3.05) is 0 Å². The van der Waals surface area contributed by atoms with Crippen LogP contribution in [-0.2, 0) is 0 Å². The van der Waals surface area contributed by atoms with Crippen LogP contribution in [0.2, 0.25) is 0 Å². The van der Waals surface area contributed by atoms with Crippen LogP contribution in [-0.4, -0.2) is 9.38 Å². The summed E-state index contributed by atoms with van der Waals surface area (Å²) in [5, 5.41) is 0. The van der Waals surface area contributed by atoms with E-state index in [0.29, 0.717) is 0 Å². The second-order valence-corrected chi connectivity index (χ2v) is 4.36. The molecule has 3 rings (SSSR count). The number of aromatic nitrogens is 2. The molecule has 0 N–H and O–H groups in total. The quantitative estimate of drug-likeness (QED) is 0.745. The lowest BCUT2D eigenvalue weighted by Crippen LogP contribution is -1.86. The molecule has 0 radical (unpaired) electrons. The zero-order valence-corrected chi connectivity index (χ0v) is 8.66. The number of nitrogens with zero attached hydrogens (tertiary/aromatic N) is 2. The van der Waals surface area contributed by atoms with E-state index in [2.05, 4.69) is 39.2 Å². The summed E-state index contributed by atoms with van der Waals surface area (Å²) < 4.78 is 3.07. The lowest BCUT2D eigenvalue weighted by Gasteiger charge is -1.99. The van der Waals surface area contributed by atoms with Crippen LogP contribution in [0.5, 0.6) is 0 Å². The predicted molar refractivity (Wildman–Crippen MR) is 54.9 cm³/mol. The molecular weight excluding hydrogens is 228 g/mol. The minimum Gasteiger partial charge on any atom is -0.294 e. The number of hydrogen-bond acceptors (Lipinski definition) is 1. The third-order valence-corrected chi connectivity index (χ3v) is 3.13. The normalized spacial score (nSPS) is 16.7. The van der Waals surface area contributed by atoms with E-state index in [9.17, 15) is 0 Å². The fraction of sp³-hybridized carbons (Fsp3) is 0.300. The van der Waals surface area contributed by atoms with E-state index in [1.54, 1.807) is 0 Å². The summed E-state index contributed by atoms with van der Waals surface area (Å²) in [6.45, 7) is 0. The first-order valence-corrected chi connectivity index (χ1v) is 5.26. The second-order valence-electron chi connectivity index (χ2n) is 3.54. The summed E-state index contributed by atoms with van der Waals surface area (Å²) in [5.41, 5.74) is 2.47. The number of halogens is 1. The average molecular weight is 237 g/mol. The van der Waals surface area contributed by atoms with E-state index in [1.165, 1.54) is 18.4 Å². The molecule has 66 valence electrons. The van der Waals surface area contributed by atoms with Crippen molar-refractivity contribution in [1.29, 1.82) is 0 Å². The topological polar surface area (TPSA) is 17.3 Å². The molecule has 0 spiro atoms. The van der Waals surface area contributed by atoms with E-state index >= 15 is 0 Å². The summed E-state index contributed by atoms with van der Waals surface area (Å²) in [6.07, 6.45) is 6.61. The van der Waals surface area contributed by atoms with Crippen molar-refractivity contribution in [2.24, 2.45) is 0 Å². The summed E-state index contributed by atoms with van der Waals surface area (Å²) in [7, 11) is 0. The molecule has 0 amide bonds. The Morgan fingerprint density at radius 2 is 2.31 bits per heavy atom. The molecule has 0 aromatic carbocycles. The SMILES string of the molecule is Brc1cnc2cc(C3CC3)ccn12. The Kier molecular flexibility index (Phi) is 1.50. The number of hydrogen-bond donors (Lipinski definition) is 0. The zero-order valence-electron chi connectivity index (χ0n) is 7.07. The summed E-state index contributed by atoms with van der Waals surface area (Å²) in [5.74, 6) is 0.806. The van der Waals surface area contributed by atoms with Gasteiger partial charge in [0, 0.05) is 6.20 Å². The van der Waals surface area contributed by atoms with Crippen LogP contribution in [0.3, 0.4) is 0 Å². The molecule has 0 aliphatic heterocycles. The monoisotopic (exact) mass is 236 g/mol. The van der Waals surface area contributed by atoms with Crippen molar-refractivity contribution >= 4 is 21.6 Å². The Bertz CT molecular complexity index is 457. The van der Waals surface area contributed by atoms with Gasteiger partial charge < -0.3 is 0 Å². The van der Waals surface area contributed by atoms with Crippen LogP contribution in [0.25, 0.3) is 5.65 Å². The third kappa shape index (κ3) is 1.18. The molecule has 1 fully saturated rings. The maximum atomic E-state index is 4.31. The fourth-order valence-corrected chi connectivity index (χ4v) is 2.04. The van der Waals surface area contributed by atoms with Crippen LogP contribution in [0.15, 0.2) is 29.1 Å². The fourth-order valence-electron chi connectivity index (χ4n) is 1.64. The van der Waals surface area contributed by atoms with Crippen LogP contribution in [0.1, 0.15) is 24.3 Å². The molecule has 0 atom stereocenters. The van der Waals surface area contributed by atoms with Gasteiger partial charge in [-0.15, -0.1) is 0 Å². The number of rotatable bonds is 1. The Balaban J connectivity index is 2.21. The van der Waals surface area contributed by atoms with Crippen LogP contribution >= 0.6 is 15.9 Å². The molecule has 1 aliphatic rings. The Morgan fingerprint density at radius 3 is 3.08 bits per heavy atom. The molecule has 1 saturated carbocycles. The molecule has 13 heavy (non-hydrogen) atoms. The Labute approximate surface area is 84.7 Å². The number of fused-ring (bicyclic) bond motifs is 1. The van der Waals surface area contributed by atoms with Crippen molar-refractivity contribution in [3.63, 3.8) is 0 Å². The maximum Gasteiger partial charge on any atom is 0.137 e. The maximum absolute atomic E-state index is 4.31. The van der Waals surface area contributed by atoms with E-state index in [0.717, 1.165) is 16.2 Å². The van der Waals surface area contributed by atoms with E-state index in [1.807, 2.05) is 10.6 Å². The third-order valence-electron chi connectivity index (χ3n) is 2.54. The molecule has 0 saturated heterocycles. The van der Waals surface area contributed by atoms with Crippen LogP contribution in [0.4, 0.5) is 0 Å². The molecule has 0 bridgehead atoms. The van der Waals surface area contributed by atoms with Crippen molar-refractivity contribution in [3.05, 3.63) is 34.7 Å². The second kappa shape index (κ2) is 2.58. The zero-order chi connectivity index (χ0) is 8.84. The van der Waals surface area contributed by atoms with Gasteiger partial charge in [-0.3, -0.25) is 4.40 Å². The largest absolute Gasteiger partial charge is 0.294 e. The molecule has 2 aromatic heterocycles. The molecule has 2 nitrogen and oxygen atoms in total. The molecular formula is C10H9BrN2. The highest BCUT2D eigenvalue weighted by Gasteiger charge is 2.23. The van der Waals surface area contributed by atoms with E-state index in [4.69, 9.17) is 0 Å². The van der Waals surface area contributed by atoms with Crippen molar-refractivity contribution < 1.29 is 0 Å². The number of pyridine rings is 1. The molecule has 0 unspecified atom stereocenters. The van der Waals surface area contributed by atoms with Crippen molar-refractivity contribution in [3.8, 4) is 0 Å². The Morgan fingerprint density at radius 1 is 1.46 bits per heavy atom. The molecule has 2 aromatic rings. The summed E-state index contributed by atoms with van der Waals surface area (Å²) in [6, 6.07) is 4.37. The summed E-state index contributed by atoms with van der Waals surface area (Å²) >= 11 is 3.44. The number of imidazole rings is 1. The lowest BCUT2D eigenvalue weighted by molar-refractivity contribution is 1.08. The standard InChI is InChI=1S/C10H9BrN2/c11-9-6-12-10-5-8(7-1-2-7)3-4-13(9)10/h3-7H,1-2H2.